The van der Waals surface area contributed by atoms with Crippen molar-refractivity contribution in [3.8, 4) is 5.75 Å². The number of hydrogen-bond acceptors (Lipinski definition) is 7. The lowest BCUT2D eigenvalue weighted by atomic mass is 9.67. The van der Waals surface area contributed by atoms with Gasteiger partial charge < -0.3 is 14.4 Å². The van der Waals surface area contributed by atoms with Crippen molar-refractivity contribution in [3.05, 3.63) is 58.1 Å². The first kappa shape index (κ1) is 30.7. The average molecular weight is 659 g/mol. The number of ether oxygens (including phenoxy) is 2. The molecule has 10 heteroatoms. The Kier molecular flexibility index (Phi) is 8.16. The lowest BCUT2D eigenvalue weighted by molar-refractivity contribution is -0.0573. The van der Waals surface area contributed by atoms with Gasteiger partial charge in [0.2, 0.25) is 10.0 Å². The molecule has 238 valence electrons. The average Bonchev–Trinajstić information content (AvgIpc) is 3.38. The van der Waals surface area contributed by atoms with E-state index in [1.54, 1.807) is 13.0 Å². The van der Waals surface area contributed by atoms with Crippen LogP contribution in [0.3, 0.4) is 0 Å². The van der Waals surface area contributed by atoms with Crippen LogP contribution in [-0.2, 0) is 26.6 Å². The van der Waals surface area contributed by atoms with Gasteiger partial charge in [0.15, 0.2) is 0 Å². The summed E-state index contributed by atoms with van der Waals surface area (Å²) in [5.41, 5.74) is 3.57. The zero-order valence-corrected chi connectivity index (χ0v) is 28.0. The molecule has 2 fully saturated rings. The summed E-state index contributed by atoms with van der Waals surface area (Å²) in [7, 11) is -3.86. The van der Waals surface area contributed by atoms with E-state index in [2.05, 4.69) is 21.8 Å². The van der Waals surface area contributed by atoms with Gasteiger partial charge in [-0.15, -0.1) is 11.8 Å². The van der Waals surface area contributed by atoms with E-state index in [1.165, 1.54) is 11.1 Å². The number of nitrogens with zero attached hydrogens (tertiary/aromatic N) is 1. The number of carbonyl (C=O) groups excluding carboxylic acids is 1. The van der Waals surface area contributed by atoms with Gasteiger partial charge in [0.05, 0.1) is 24.2 Å². The second-order valence-corrected chi connectivity index (χ2v) is 17.7. The molecule has 0 aromatic heterocycles. The van der Waals surface area contributed by atoms with E-state index < -0.39 is 21.2 Å². The van der Waals surface area contributed by atoms with Crippen LogP contribution in [0.25, 0.3) is 0 Å². The first-order valence-electron chi connectivity index (χ1n) is 16.2. The van der Waals surface area contributed by atoms with Crippen molar-refractivity contribution in [2.24, 2.45) is 17.8 Å². The summed E-state index contributed by atoms with van der Waals surface area (Å²) in [4.78, 5) is 15.7. The topological polar surface area (TPSA) is 84.9 Å². The minimum Gasteiger partial charge on any atom is -0.490 e. The van der Waals surface area contributed by atoms with E-state index in [0.717, 1.165) is 93.3 Å². The van der Waals surface area contributed by atoms with Gasteiger partial charge in [0, 0.05) is 40.8 Å². The highest BCUT2D eigenvalue weighted by Crippen LogP contribution is 2.55. The molecule has 2 aromatic carbocycles. The highest BCUT2D eigenvalue weighted by molar-refractivity contribution is 8.00. The second kappa shape index (κ2) is 11.7. The second-order valence-electron chi connectivity index (χ2n) is 13.8. The van der Waals surface area contributed by atoms with E-state index >= 15 is 0 Å². The number of carbonyl (C=O) groups is 1. The number of rotatable bonds is 0. The van der Waals surface area contributed by atoms with Crippen LogP contribution in [0.5, 0.6) is 5.75 Å². The molecule has 1 amide bonds. The Hall–Kier alpha value is -1.94. The molecule has 2 spiro atoms. The number of fused-ring (bicyclic) bond motifs is 5. The molecule has 7 nitrogen and oxygen atoms in total. The van der Waals surface area contributed by atoms with Gasteiger partial charge in [-0.1, -0.05) is 24.6 Å². The Morgan fingerprint density at radius 3 is 2.70 bits per heavy atom. The van der Waals surface area contributed by atoms with E-state index in [9.17, 15) is 13.2 Å². The van der Waals surface area contributed by atoms with Crippen molar-refractivity contribution in [3.63, 3.8) is 0 Å². The molecule has 3 heterocycles. The normalized spacial score (nSPS) is 35.2. The summed E-state index contributed by atoms with van der Waals surface area (Å²) in [5.74, 6) is 1.95. The highest BCUT2D eigenvalue weighted by Gasteiger charge is 2.52. The molecule has 2 aromatic rings. The fourth-order valence-electron chi connectivity index (χ4n) is 8.41. The molecule has 0 unspecified atom stereocenters. The molecule has 6 atom stereocenters. The largest absolute Gasteiger partial charge is 0.490 e. The first-order chi connectivity index (χ1) is 21.1. The number of sulfonamides is 1. The lowest BCUT2D eigenvalue weighted by Gasteiger charge is -2.50. The van der Waals surface area contributed by atoms with Crippen molar-refractivity contribution >= 4 is 45.0 Å². The quantitative estimate of drug-likeness (QED) is 0.343. The molecule has 3 aliphatic heterocycles. The number of aryl methyl sites for hydroxylation is 1. The maximum absolute atomic E-state index is 13.5. The first-order valence-corrected chi connectivity index (χ1v) is 19.1. The molecule has 1 saturated carbocycles. The number of halogens is 1. The van der Waals surface area contributed by atoms with Gasteiger partial charge >= 0.3 is 0 Å². The summed E-state index contributed by atoms with van der Waals surface area (Å²) >= 11 is 8.41. The van der Waals surface area contributed by atoms with Crippen LogP contribution in [0, 0.1) is 17.8 Å². The van der Waals surface area contributed by atoms with E-state index in [4.69, 9.17) is 21.1 Å². The monoisotopic (exact) mass is 658 g/mol. The fourth-order valence-corrected chi connectivity index (χ4v) is 11.4. The van der Waals surface area contributed by atoms with Gasteiger partial charge in [0.25, 0.3) is 5.91 Å². The minimum atomic E-state index is -3.86. The van der Waals surface area contributed by atoms with Crippen molar-refractivity contribution in [1.29, 1.82) is 0 Å². The molecule has 2 bridgehead atoms. The Bertz CT molecular complexity index is 1540. The third-order valence-corrected chi connectivity index (χ3v) is 14.9. The zero-order valence-electron chi connectivity index (χ0n) is 25.6. The molecule has 5 aliphatic rings. The van der Waals surface area contributed by atoms with Crippen molar-refractivity contribution < 1.29 is 22.7 Å². The van der Waals surface area contributed by atoms with Crippen LogP contribution in [0.15, 0.2) is 36.4 Å². The van der Waals surface area contributed by atoms with Crippen LogP contribution < -0.4 is 14.4 Å². The maximum atomic E-state index is 13.5. The minimum absolute atomic E-state index is 0.0887. The summed E-state index contributed by atoms with van der Waals surface area (Å²) in [6.07, 6.45) is 7.94. The molecule has 2 aliphatic carbocycles. The number of thioether (sulfide) groups is 1. The van der Waals surface area contributed by atoms with Crippen LogP contribution in [0.1, 0.15) is 80.3 Å². The number of nitrogens with one attached hydrogen (secondary N) is 1. The van der Waals surface area contributed by atoms with E-state index in [1.807, 2.05) is 36.9 Å². The Balaban J connectivity index is 1.31. The van der Waals surface area contributed by atoms with Gasteiger partial charge in [-0.3, -0.25) is 4.79 Å². The number of hydrogen-bond donors (Lipinski definition) is 1. The Morgan fingerprint density at radius 1 is 1.07 bits per heavy atom. The molecule has 0 radical (unpaired) electrons. The predicted octanol–water partition coefficient (Wildman–Crippen LogP) is 6.57. The summed E-state index contributed by atoms with van der Waals surface area (Å²) in [6, 6.07) is 11.7. The zero-order chi connectivity index (χ0) is 30.7. The smallest absolute Gasteiger partial charge is 0.264 e. The SMILES string of the molecule is C[C@@H]1[C@@H](C)CCC[C@]2(OCCS2)[C@@H]2CC[C@H]2CN2C[C@@]3(CCCc4cc(Cl)ccc43)COc3ccc(cc32)C(=O)NS1(=O)=O. The summed E-state index contributed by atoms with van der Waals surface area (Å²) in [5, 5.41) is 0.0685. The van der Waals surface area contributed by atoms with Crippen LogP contribution >= 0.6 is 23.4 Å². The van der Waals surface area contributed by atoms with Crippen molar-refractivity contribution in [2.45, 2.75) is 80.8 Å². The van der Waals surface area contributed by atoms with Crippen molar-refractivity contribution in [1.82, 2.24) is 4.72 Å². The lowest BCUT2D eigenvalue weighted by Crippen LogP contribution is -2.52. The van der Waals surface area contributed by atoms with E-state index in [-0.39, 0.29) is 16.3 Å². The number of amides is 1. The summed E-state index contributed by atoms with van der Waals surface area (Å²) in [6.45, 7) is 6.60. The molecular weight excluding hydrogens is 616 g/mol. The molecule has 44 heavy (non-hydrogen) atoms. The molecule has 1 saturated heterocycles. The van der Waals surface area contributed by atoms with Gasteiger partial charge in [-0.25, -0.2) is 13.1 Å². The standard InChI is InChI=1S/C34H43ClN2O5S2/c1-22-5-3-14-34(42-15-16-43-34)29-10-7-26(29)19-37-20-33(13-4-6-24-17-27(35)9-11-28(24)33)21-41-31-12-8-25(18-30(31)37)32(38)36-44(39,40)23(22)2/h8-9,11-12,17-18,22-23,26,29H,3-7,10,13-16,19-21H2,1-2H3,(H,36,38)/t22-,23+,26-,29+,33-,34+/m0/s1. The van der Waals surface area contributed by atoms with Gasteiger partial charge in [0.1, 0.15) is 10.7 Å². The fraction of sp³-hybridized carbons (Fsp3) is 0.618. The van der Waals surface area contributed by atoms with Crippen molar-refractivity contribution in [2.75, 3.05) is 37.0 Å². The number of anilines is 1. The Labute approximate surface area is 270 Å². The van der Waals surface area contributed by atoms with Crippen LogP contribution in [0.2, 0.25) is 5.02 Å². The van der Waals surface area contributed by atoms with Crippen LogP contribution in [-0.4, -0.2) is 56.6 Å². The van der Waals surface area contributed by atoms with E-state index in [0.29, 0.717) is 24.0 Å². The third kappa shape index (κ3) is 5.43. The number of benzene rings is 2. The predicted molar refractivity (Wildman–Crippen MR) is 176 cm³/mol. The maximum Gasteiger partial charge on any atom is 0.264 e. The third-order valence-electron chi connectivity index (χ3n) is 11.2. The van der Waals surface area contributed by atoms with Gasteiger partial charge in [-0.05, 0) is 112 Å². The molecule has 1 N–H and O–H groups in total. The van der Waals surface area contributed by atoms with Crippen LogP contribution in [0.4, 0.5) is 5.69 Å². The summed E-state index contributed by atoms with van der Waals surface area (Å²) < 4.78 is 42.3. The molecular formula is C34H43ClN2O5S2. The Morgan fingerprint density at radius 2 is 1.93 bits per heavy atom. The molecule has 7 rings (SSSR count). The highest BCUT2D eigenvalue weighted by atomic mass is 35.5. The van der Waals surface area contributed by atoms with Gasteiger partial charge in [-0.2, -0.15) is 0 Å².